The van der Waals surface area contributed by atoms with Gasteiger partial charge in [-0.05, 0) is 48.5 Å². The van der Waals surface area contributed by atoms with Gasteiger partial charge in [-0.25, -0.2) is 12.8 Å². The lowest BCUT2D eigenvalue weighted by Crippen LogP contribution is -2.50. The molecule has 1 saturated heterocycles. The zero-order valence-electron chi connectivity index (χ0n) is 18.4. The second-order valence-corrected chi connectivity index (χ2v) is 10.1. The van der Waals surface area contributed by atoms with Crippen molar-refractivity contribution in [3.63, 3.8) is 0 Å². The molecule has 0 spiro atoms. The molecule has 1 aromatic heterocycles. The number of nitrogens with zero attached hydrogens (tertiary/aromatic N) is 3. The van der Waals surface area contributed by atoms with Crippen molar-refractivity contribution < 1.29 is 31.6 Å². The van der Waals surface area contributed by atoms with Crippen LogP contribution in [0.3, 0.4) is 0 Å². The summed E-state index contributed by atoms with van der Waals surface area (Å²) < 4.78 is 45.5. The normalized spacial score (nSPS) is 16.6. The molecular formula is C24H20FN3O6S. The van der Waals surface area contributed by atoms with Gasteiger partial charge in [0.2, 0.25) is 10.0 Å². The Morgan fingerprint density at radius 2 is 1.66 bits per heavy atom. The maximum Gasteiger partial charge on any atom is 0.261 e. The van der Waals surface area contributed by atoms with Gasteiger partial charge in [-0.2, -0.15) is 4.31 Å². The van der Waals surface area contributed by atoms with Crippen LogP contribution in [0, 0.1) is 5.82 Å². The van der Waals surface area contributed by atoms with Crippen molar-refractivity contribution in [2.24, 2.45) is 0 Å². The lowest BCUT2D eigenvalue weighted by atomic mass is 10.0. The van der Waals surface area contributed by atoms with E-state index in [1.165, 1.54) is 51.9 Å². The molecule has 180 valence electrons. The van der Waals surface area contributed by atoms with Gasteiger partial charge in [0.05, 0.1) is 28.8 Å². The Bertz CT molecular complexity index is 1430. The van der Waals surface area contributed by atoms with Crippen LogP contribution < -0.4 is 0 Å². The largest absolute Gasteiger partial charge is 0.467 e. The molecule has 3 heterocycles. The number of halogens is 1. The highest BCUT2D eigenvalue weighted by atomic mass is 32.2. The van der Waals surface area contributed by atoms with Gasteiger partial charge in [0.25, 0.3) is 17.7 Å². The number of fused-ring (bicyclic) bond motifs is 1. The predicted octanol–water partition coefficient (Wildman–Crippen LogP) is 2.36. The molecule has 9 nitrogen and oxygen atoms in total. The van der Waals surface area contributed by atoms with Gasteiger partial charge in [-0.1, -0.05) is 6.07 Å². The Labute approximate surface area is 200 Å². The Morgan fingerprint density at radius 3 is 2.34 bits per heavy atom. The van der Waals surface area contributed by atoms with Crippen LogP contribution in [0.4, 0.5) is 4.39 Å². The van der Waals surface area contributed by atoms with Crippen molar-refractivity contribution in [3.8, 4) is 0 Å². The lowest BCUT2D eigenvalue weighted by molar-refractivity contribution is 0.0631. The van der Waals surface area contributed by atoms with Gasteiger partial charge < -0.3 is 9.32 Å². The van der Waals surface area contributed by atoms with E-state index in [9.17, 15) is 27.2 Å². The highest BCUT2D eigenvalue weighted by molar-refractivity contribution is 7.89. The minimum Gasteiger partial charge on any atom is -0.467 e. The van der Waals surface area contributed by atoms with Gasteiger partial charge in [-0.15, -0.1) is 0 Å². The molecule has 2 aliphatic rings. The molecule has 2 aromatic carbocycles. The second-order valence-electron chi connectivity index (χ2n) is 8.19. The van der Waals surface area contributed by atoms with Crippen molar-refractivity contribution >= 4 is 27.7 Å². The summed E-state index contributed by atoms with van der Waals surface area (Å²) in [7, 11) is -3.89. The number of benzene rings is 2. The number of furan rings is 1. The number of carbonyl (C=O) groups excluding carboxylic acids is 3. The maximum absolute atomic E-state index is 13.5. The first-order valence-corrected chi connectivity index (χ1v) is 12.3. The number of carbonyl (C=O) groups is 3. The summed E-state index contributed by atoms with van der Waals surface area (Å²) in [6, 6.07) is 12.4. The van der Waals surface area contributed by atoms with Gasteiger partial charge in [-0.3, -0.25) is 19.3 Å². The summed E-state index contributed by atoms with van der Waals surface area (Å²) in [5, 5.41) is 0. The highest BCUT2D eigenvalue weighted by Gasteiger charge is 2.37. The van der Waals surface area contributed by atoms with E-state index in [-0.39, 0.29) is 60.2 Å². The molecule has 0 unspecified atom stereocenters. The van der Waals surface area contributed by atoms with Gasteiger partial charge >= 0.3 is 0 Å². The van der Waals surface area contributed by atoms with Gasteiger partial charge in [0, 0.05) is 31.7 Å². The quantitative estimate of drug-likeness (QED) is 0.501. The zero-order valence-corrected chi connectivity index (χ0v) is 19.2. The van der Waals surface area contributed by atoms with Crippen LogP contribution in [-0.4, -0.2) is 66.4 Å². The molecule has 0 aliphatic carbocycles. The highest BCUT2D eigenvalue weighted by Crippen LogP contribution is 2.27. The van der Waals surface area contributed by atoms with Gasteiger partial charge in [0.15, 0.2) is 0 Å². The molecule has 3 aromatic rings. The minimum atomic E-state index is -3.89. The molecule has 2 aliphatic heterocycles. The van der Waals surface area contributed by atoms with Crippen LogP contribution in [0.25, 0.3) is 0 Å². The van der Waals surface area contributed by atoms with E-state index in [2.05, 4.69) is 0 Å². The summed E-state index contributed by atoms with van der Waals surface area (Å²) in [4.78, 5) is 41.0. The van der Waals surface area contributed by atoms with E-state index in [0.717, 1.165) is 11.0 Å². The first kappa shape index (κ1) is 22.9. The van der Waals surface area contributed by atoms with Crippen LogP contribution in [0.1, 0.15) is 36.8 Å². The Balaban J connectivity index is 1.28. The Kier molecular flexibility index (Phi) is 5.73. The van der Waals surface area contributed by atoms with Crippen LogP contribution in [-0.2, 0) is 16.6 Å². The fourth-order valence-electron chi connectivity index (χ4n) is 4.22. The fourth-order valence-corrected chi connectivity index (χ4v) is 5.67. The number of amides is 3. The topological polar surface area (TPSA) is 108 Å². The molecular weight excluding hydrogens is 477 g/mol. The van der Waals surface area contributed by atoms with Crippen molar-refractivity contribution in [3.05, 3.63) is 89.1 Å². The van der Waals surface area contributed by atoms with Crippen LogP contribution in [0.15, 0.2) is 70.2 Å². The summed E-state index contributed by atoms with van der Waals surface area (Å²) in [6.45, 7) is 0.335. The smallest absolute Gasteiger partial charge is 0.261 e. The van der Waals surface area contributed by atoms with E-state index in [0.29, 0.717) is 5.76 Å². The third-order valence-electron chi connectivity index (χ3n) is 6.07. The number of rotatable bonds is 5. The molecule has 5 rings (SSSR count). The average molecular weight is 498 g/mol. The first-order valence-electron chi connectivity index (χ1n) is 10.8. The van der Waals surface area contributed by atoms with Crippen molar-refractivity contribution in [2.75, 3.05) is 26.2 Å². The third kappa shape index (κ3) is 4.13. The van der Waals surface area contributed by atoms with E-state index in [1.807, 2.05) is 0 Å². The molecule has 11 heteroatoms. The number of sulfonamides is 1. The van der Waals surface area contributed by atoms with E-state index in [4.69, 9.17) is 4.42 Å². The molecule has 3 amide bonds. The van der Waals surface area contributed by atoms with Crippen molar-refractivity contribution in [1.29, 1.82) is 0 Å². The zero-order chi connectivity index (χ0) is 24.7. The van der Waals surface area contributed by atoms with E-state index < -0.39 is 27.7 Å². The standard InChI is InChI=1S/C24H20FN3O6S/c25-17-3-1-5-19(14-17)35(32,33)27-10-8-26(9-11-27)22(29)16-6-7-20-21(13-16)24(31)28(23(20)30)15-18-4-2-12-34-18/h1-7,12-14H,8-11,15H2. The SMILES string of the molecule is O=C(c1ccc2c(c1)C(=O)N(Cc1ccco1)C2=O)N1CCN(S(=O)(=O)c2cccc(F)c2)CC1. The van der Waals surface area contributed by atoms with Crippen LogP contribution in [0.2, 0.25) is 0 Å². The summed E-state index contributed by atoms with van der Waals surface area (Å²) in [5.74, 6) is -1.53. The Morgan fingerprint density at radius 1 is 0.914 bits per heavy atom. The summed E-state index contributed by atoms with van der Waals surface area (Å²) in [5.41, 5.74) is 0.579. The fraction of sp³-hybridized carbons (Fsp3) is 0.208. The summed E-state index contributed by atoms with van der Waals surface area (Å²) in [6.07, 6.45) is 1.45. The monoisotopic (exact) mass is 497 g/mol. The summed E-state index contributed by atoms with van der Waals surface area (Å²) >= 11 is 0. The predicted molar refractivity (Wildman–Crippen MR) is 120 cm³/mol. The van der Waals surface area contributed by atoms with Crippen LogP contribution >= 0.6 is 0 Å². The second kappa shape index (κ2) is 8.75. The molecule has 1 fully saturated rings. The molecule has 35 heavy (non-hydrogen) atoms. The number of piperazine rings is 1. The molecule has 0 bridgehead atoms. The molecule has 0 saturated carbocycles. The minimum absolute atomic E-state index is 0.00955. The van der Waals surface area contributed by atoms with E-state index in [1.54, 1.807) is 12.1 Å². The van der Waals surface area contributed by atoms with Crippen molar-refractivity contribution in [2.45, 2.75) is 11.4 Å². The molecule has 0 radical (unpaired) electrons. The van der Waals surface area contributed by atoms with Crippen molar-refractivity contribution in [1.82, 2.24) is 14.1 Å². The van der Waals surface area contributed by atoms with Crippen LogP contribution in [0.5, 0.6) is 0 Å². The van der Waals surface area contributed by atoms with Gasteiger partial charge in [0.1, 0.15) is 11.6 Å². The average Bonchev–Trinajstić information content (AvgIpc) is 3.46. The van der Waals surface area contributed by atoms with E-state index >= 15 is 0 Å². The third-order valence-corrected chi connectivity index (χ3v) is 7.97. The molecule has 0 atom stereocenters. The number of hydrogen-bond donors (Lipinski definition) is 0. The number of hydrogen-bond acceptors (Lipinski definition) is 6. The maximum atomic E-state index is 13.5. The first-order chi connectivity index (χ1) is 16.8. The number of imide groups is 1. The molecule has 0 N–H and O–H groups in total. The lowest BCUT2D eigenvalue weighted by Gasteiger charge is -2.34. The Hall–Kier alpha value is -3.83.